The molecule has 1 fully saturated rings. The summed E-state index contributed by atoms with van der Waals surface area (Å²) in [6.07, 6.45) is 0.891. The number of methoxy groups -OCH3 is 1. The van der Waals surface area contributed by atoms with Crippen LogP contribution in [-0.2, 0) is 19.6 Å². The second kappa shape index (κ2) is 7.94. The van der Waals surface area contributed by atoms with Crippen LogP contribution in [-0.4, -0.2) is 59.4 Å². The van der Waals surface area contributed by atoms with Crippen molar-refractivity contribution in [1.82, 2.24) is 9.62 Å². The molecule has 0 atom stereocenters. The van der Waals surface area contributed by atoms with Crippen molar-refractivity contribution in [3.8, 4) is 5.75 Å². The van der Waals surface area contributed by atoms with Crippen LogP contribution in [0.15, 0.2) is 23.1 Å². The Bertz CT molecular complexity index is 745. The van der Waals surface area contributed by atoms with Crippen LogP contribution in [0.1, 0.15) is 19.3 Å². The lowest BCUT2D eigenvalue weighted by Gasteiger charge is -2.18. The van der Waals surface area contributed by atoms with E-state index in [1.165, 1.54) is 25.3 Å². The highest BCUT2D eigenvalue weighted by atomic mass is 32.2. The summed E-state index contributed by atoms with van der Waals surface area (Å²) < 4.78 is 32.6. The maximum atomic E-state index is 12.5. The van der Waals surface area contributed by atoms with E-state index in [-0.39, 0.29) is 41.0 Å². The Morgan fingerprint density at radius 3 is 2.40 bits per heavy atom. The lowest BCUT2D eigenvalue weighted by atomic mass is 10.2. The normalized spacial score (nSPS) is 15.3. The van der Waals surface area contributed by atoms with E-state index in [0.717, 1.165) is 11.4 Å². The van der Waals surface area contributed by atoms with Gasteiger partial charge in [0.15, 0.2) is 0 Å². The molecular formula is C16H23N3O5S. The van der Waals surface area contributed by atoms with Gasteiger partial charge in [-0.25, -0.2) is 18.0 Å². The molecule has 1 N–H and O–H groups in total. The first-order valence-electron chi connectivity index (χ1n) is 7.94. The molecule has 1 heterocycles. The van der Waals surface area contributed by atoms with Crippen LogP contribution < -0.4 is 14.4 Å². The first kappa shape index (κ1) is 19.4. The van der Waals surface area contributed by atoms with Gasteiger partial charge in [-0.15, -0.1) is 0 Å². The van der Waals surface area contributed by atoms with Crippen LogP contribution in [0.25, 0.3) is 0 Å². The minimum Gasteiger partial charge on any atom is -0.495 e. The molecule has 0 aliphatic carbocycles. The number of benzene rings is 1. The average molecular weight is 369 g/mol. The Kier molecular flexibility index (Phi) is 6.15. The molecule has 0 aromatic heterocycles. The van der Waals surface area contributed by atoms with E-state index in [2.05, 4.69) is 4.72 Å². The molecule has 1 aliphatic heterocycles. The highest BCUT2D eigenvalue weighted by Crippen LogP contribution is 2.34. The molecule has 1 saturated heterocycles. The maximum absolute atomic E-state index is 12.5. The Hall–Kier alpha value is -1.97. The summed E-state index contributed by atoms with van der Waals surface area (Å²) in [4.78, 5) is 26.9. The van der Waals surface area contributed by atoms with Crippen molar-refractivity contribution in [2.75, 3.05) is 39.2 Å². The lowest BCUT2D eigenvalue weighted by Crippen LogP contribution is -2.30. The molecule has 2 rings (SSSR count). The van der Waals surface area contributed by atoms with Crippen LogP contribution in [0.5, 0.6) is 5.75 Å². The standard InChI is InChI=1S/C16H23N3O5S/c1-18(2)10-4-9-17-25(22,23)12-5-6-14(24-3)13(11-12)19-15(20)7-8-16(19)21/h5-6,11,17H,4,7-10H2,1-3H3. The number of nitrogens with zero attached hydrogens (tertiary/aromatic N) is 2. The number of nitrogens with one attached hydrogen (secondary N) is 1. The second-order valence-corrected chi connectivity index (χ2v) is 7.78. The monoisotopic (exact) mass is 369 g/mol. The van der Waals surface area contributed by atoms with Gasteiger partial charge in [0.2, 0.25) is 21.8 Å². The van der Waals surface area contributed by atoms with Crippen molar-refractivity contribution in [3.63, 3.8) is 0 Å². The van der Waals surface area contributed by atoms with Gasteiger partial charge in [0.1, 0.15) is 5.75 Å². The molecule has 25 heavy (non-hydrogen) atoms. The molecule has 8 nitrogen and oxygen atoms in total. The fourth-order valence-corrected chi connectivity index (χ4v) is 3.64. The number of ether oxygens (including phenoxy) is 1. The van der Waals surface area contributed by atoms with Gasteiger partial charge in [-0.3, -0.25) is 9.59 Å². The van der Waals surface area contributed by atoms with Crippen molar-refractivity contribution >= 4 is 27.5 Å². The minimum atomic E-state index is -3.74. The van der Waals surface area contributed by atoms with Gasteiger partial charge >= 0.3 is 0 Å². The molecule has 1 aromatic carbocycles. The average Bonchev–Trinajstić information content (AvgIpc) is 2.89. The Balaban J connectivity index is 2.26. The van der Waals surface area contributed by atoms with E-state index in [0.29, 0.717) is 13.0 Å². The molecule has 1 aromatic rings. The number of amides is 2. The summed E-state index contributed by atoms with van der Waals surface area (Å²) in [5.74, 6) is -0.455. The predicted molar refractivity (Wildman–Crippen MR) is 93.1 cm³/mol. The topological polar surface area (TPSA) is 96.0 Å². The third-order valence-corrected chi connectivity index (χ3v) is 5.29. The van der Waals surface area contributed by atoms with Crippen molar-refractivity contribution in [3.05, 3.63) is 18.2 Å². The van der Waals surface area contributed by atoms with Gasteiger partial charge in [0.25, 0.3) is 0 Å². The van der Waals surface area contributed by atoms with Gasteiger partial charge in [-0.05, 0) is 45.3 Å². The summed E-state index contributed by atoms with van der Waals surface area (Å²) in [5, 5.41) is 0. The lowest BCUT2D eigenvalue weighted by molar-refractivity contribution is -0.121. The molecule has 1 aliphatic rings. The van der Waals surface area contributed by atoms with Crippen LogP contribution in [0, 0.1) is 0 Å². The summed E-state index contributed by atoms with van der Waals surface area (Å²) >= 11 is 0. The van der Waals surface area contributed by atoms with Crippen molar-refractivity contribution in [1.29, 1.82) is 0 Å². The smallest absolute Gasteiger partial charge is 0.240 e. The zero-order valence-corrected chi connectivity index (χ0v) is 15.4. The maximum Gasteiger partial charge on any atom is 0.240 e. The molecule has 0 unspecified atom stereocenters. The van der Waals surface area contributed by atoms with Gasteiger partial charge in [0.05, 0.1) is 17.7 Å². The summed E-state index contributed by atoms with van der Waals surface area (Å²) in [5.41, 5.74) is 0.158. The fraction of sp³-hybridized carbons (Fsp3) is 0.500. The quantitative estimate of drug-likeness (QED) is 0.532. The molecular weight excluding hydrogens is 346 g/mol. The Labute approximate surface area is 147 Å². The first-order chi connectivity index (χ1) is 11.8. The fourth-order valence-electron chi connectivity index (χ4n) is 2.54. The highest BCUT2D eigenvalue weighted by molar-refractivity contribution is 7.89. The number of hydrogen-bond acceptors (Lipinski definition) is 6. The number of carbonyl (C=O) groups is 2. The Morgan fingerprint density at radius 1 is 1.20 bits per heavy atom. The van der Waals surface area contributed by atoms with Crippen LogP contribution in [0.3, 0.4) is 0 Å². The van der Waals surface area contributed by atoms with Gasteiger partial charge < -0.3 is 9.64 Å². The first-order valence-corrected chi connectivity index (χ1v) is 9.43. The zero-order valence-electron chi connectivity index (χ0n) is 14.6. The van der Waals surface area contributed by atoms with Crippen molar-refractivity contribution in [2.24, 2.45) is 0 Å². The second-order valence-electron chi connectivity index (χ2n) is 6.01. The third-order valence-electron chi connectivity index (χ3n) is 3.83. The van der Waals surface area contributed by atoms with Crippen LogP contribution >= 0.6 is 0 Å². The molecule has 0 spiro atoms. The van der Waals surface area contributed by atoms with E-state index in [9.17, 15) is 18.0 Å². The number of imide groups is 1. The molecule has 2 amide bonds. The number of rotatable bonds is 8. The van der Waals surface area contributed by atoms with E-state index < -0.39 is 10.0 Å². The predicted octanol–water partition coefficient (Wildman–Crippen LogP) is 0.579. The zero-order chi connectivity index (χ0) is 18.6. The summed E-state index contributed by atoms with van der Waals surface area (Å²) in [7, 11) is 1.48. The molecule has 0 bridgehead atoms. The molecule has 138 valence electrons. The SMILES string of the molecule is COc1ccc(S(=O)(=O)NCCCN(C)C)cc1N1C(=O)CCC1=O. The summed E-state index contributed by atoms with van der Waals surface area (Å²) in [6.45, 7) is 1.05. The van der Waals surface area contributed by atoms with Gasteiger partial charge in [-0.1, -0.05) is 0 Å². The van der Waals surface area contributed by atoms with Crippen LogP contribution in [0.4, 0.5) is 5.69 Å². The van der Waals surface area contributed by atoms with E-state index >= 15 is 0 Å². The largest absolute Gasteiger partial charge is 0.495 e. The summed E-state index contributed by atoms with van der Waals surface area (Å²) in [6, 6.07) is 4.14. The Morgan fingerprint density at radius 2 is 1.84 bits per heavy atom. The van der Waals surface area contributed by atoms with Gasteiger partial charge in [-0.2, -0.15) is 0 Å². The van der Waals surface area contributed by atoms with E-state index in [1.54, 1.807) is 0 Å². The molecule has 0 radical (unpaired) electrons. The number of sulfonamides is 1. The number of anilines is 1. The third kappa shape index (κ3) is 4.56. The number of hydrogen-bond donors (Lipinski definition) is 1. The molecule has 0 saturated carbocycles. The van der Waals surface area contributed by atoms with Crippen molar-refractivity contribution < 1.29 is 22.7 Å². The van der Waals surface area contributed by atoms with Gasteiger partial charge in [0, 0.05) is 19.4 Å². The molecule has 9 heteroatoms. The number of carbonyl (C=O) groups excluding carboxylic acids is 2. The van der Waals surface area contributed by atoms with E-state index in [1.807, 2.05) is 19.0 Å². The van der Waals surface area contributed by atoms with Crippen LogP contribution in [0.2, 0.25) is 0 Å². The van der Waals surface area contributed by atoms with Crippen molar-refractivity contribution in [2.45, 2.75) is 24.2 Å². The van der Waals surface area contributed by atoms with E-state index in [4.69, 9.17) is 4.74 Å². The minimum absolute atomic E-state index is 0.0133. The highest BCUT2D eigenvalue weighted by Gasteiger charge is 2.33.